The van der Waals surface area contributed by atoms with E-state index in [9.17, 15) is 0 Å². The lowest BCUT2D eigenvalue weighted by atomic mass is 9.67. The Labute approximate surface area is 200 Å². The van der Waals surface area contributed by atoms with Crippen LogP contribution in [0.25, 0.3) is 0 Å². The lowest BCUT2D eigenvalue weighted by molar-refractivity contribution is 0.135. The summed E-state index contributed by atoms with van der Waals surface area (Å²) in [6.07, 6.45) is 25.9. The summed E-state index contributed by atoms with van der Waals surface area (Å²) < 4.78 is 0. The molecule has 0 amide bonds. The van der Waals surface area contributed by atoms with Crippen molar-refractivity contribution in [1.82, 2.24) is 0 Å². The number of hydrogen-bond acceptors (Lipinski definition) is 0. The summed E-state index contributed by atoms with van der Waals surface area (Å²) in [5.74, 6) is 7.07. The van der Waals surface area contributed by atoms with Gasteiger partial charge < -0.3 is 0 Å². The molecule has 0 radical (unpaired) electrons. The zero-order chi connectivity index (χ0) is 22.2. The first-order valence-electron chi connectivity index (χ1n) is 14.8. The molecular weight excluding hydrogens is 384 g/mol. The number of hydrogen-bond donors (Lipinski definition) is 0. The predicted octanol–water partition coefficient (Wildman–Crippen LogP) is 10.2. The molecule has 1 aromatic rings. The van der Waals surface area contributed by atoms with Gasteiger partial charge in [0.1, 0.15) is 0 Å². The molecule has 3 aliphatic carbocycles. The maximum absolute atomic E-state index is 2.44. The average molecular weight is 437 g/mol. The highest BCUT2D eigenvalue weighted by Gasteiger charge is 2.31. The van der Waals surface area contributed by atoms with Crippen molar-refractivity contribution in [2.24, 2.45) is 35.5 Å². The van der Waals surface area contributed by atoms with E-state index in [0.717, 1.165) is 41.4 Å². The third-order valence-electron chi connectivity index (χ3n) is 10.2. The molecule has 1 atom stereocenters. The van der Waals surface area contributed by atoms with Crippen LogP contribution in [0.1, 0.15) is 134 Å². The molecule has 0 heteroatoms. The summed E-state index contributed by atoms with van der Waals surface area (Å²) in [6.45, 7) is 4.81. The molecule has 0 heterocycles. The molecule has 0 nitrogen and oxygen atoms in total. The van der Waals surface area contributed by atoms with Crippen LogP contribution in [-0.4, -0.2) is 0 Å². The van der Waals surface area contributed by atoms with Crippen molar-refractivity contribution in [1.29, 1.82) is 0 Å². The second kappa shape index (κ2) is 12.6. The Morgan fingerprint density at radius 3 is 1.53 bits per heavy atom. The molecule has 3 fully saturated rings. The Kier molecular flexibility index (Phi) is 9.60. The van der Waals surface area contributed by atoms with Crippen LogP contribution in [-0.2, 0) is 0 Å². The minimum atomic E-state index is 0.731. The molecule has 3 aliphatic rings. The van der Waals surface area contributed by atoms with E-state index in [0.29, 0.717) is 0 Å². The number of rotatable bonds is 9. The van der Waals surface area contributed by atoms with Gasteiger partial charge in [0.15, 0.2) is 0 Å². The molecule has 3 saturated carbocycles. The van der Waals surface area contributed by atoms with E-state index in [4.69, 9.17) is 0 Å². The monoisotopic (exact) mass is 436 g/mol. The van der Waals surface area contributed by atoms with Gasteiger partial charge in [-0.1, -0.05) is 121 Å². The van der Waals surface area contributed by atoms with E-state index >= 15 is 0 Å². The second-order valence-electron chi connectivity index (χ2n) is 12.4. The average Bonchev–Trinajstić information content (AvgIpc) is 2.85. The highest BCUT2D eigenvalue weighted by molar-refractivity contribution is 5.18. The van der Waals surface area contributed by atoms with Gasteiger partial charge in [-0.25, -0.2) is 0 Å². The van der Waals surface area contributed by atoms with Crippen LogP contribution in [0, 0.1) is 35.5 Å². The van der Waals surface area contributed by atoms with E-state index in [-0.39, 0.29) is 0 Å². The van der Waals surface area contributed by atoms with Crippen molar-refractivity contribution in [2.75, 3.05) is 0 Å². The second-order valence-corrected chi connectivity index (χ2v) is 12.4. The van der Waals surface area contributed by atoms with Crippen LogP contribution in [0.15, 0.2) is 30.3 Å². The van der Waals surface area contributed by atoms with E-state index in [1.54, 1.807) is 56.9 Å². The van der Waals surface area contributed by atoms with Crippen LogP contribution in [0.5, 0.6) is 0 Å². The van der Waals surface area contributed by atoms with Crippen molar-refractivity contribution in [3.05, 3.63) is 35.9 Å². The highest BCUT2D eigenvalue weighted by Crippen LogP contribution is 2.44. The third-order valence-corrected chi connectivity index (χ3v) is 10.2. The summed E-state index contributed by atoms with van der Waals surface area (Å²) in [6, 6.07) is 11.2. The molecule has 0 aromatic heterocycles. The van der Waals surface area contributed by atoms with Crippen LogP contribution in [0.4, 0.5) is 0 Å². The highest BCUT2D eigenvalue weighted by atomic mass is 14.4. The Hall–Kier alpha value is -0.780. The maximum Gasteiger partial charge on any atom is -0.0188 e. The fraction of sp³-hybridized carbons (Fsp3) is 0.812. The molecule has 0 spiro atoms. The first kappa shape index (κ1) is 24.3. The lowest BCUT2D eigenvalue weighted by Crippen LogP contribution is -2.26. The smallest absolute Gasteiger partial charge is 0.0188 e. The van der Waals surface area contributed by atoms with E-state index < -0.39 is 0 Å². The van der Waals surface area contributed by atoms with E-state index in [1.807, 2.05) is 0 Å². The van der Waals surface area contributed by atoms with Gasteiger partial charge in [-0.15, -0.1) is 0 Å². The summed E-state index contributed by atoms with van der Waals surface area (Å²) in [5.41, 5.74) is 1.54. The summed E-state index contributed by atoms with van der Waals surface area (Å²) in [7, 11) is 0. The van der Waals surface area contributed by atoms with Crippen LogP contribution in [0.3, 0.4) is 0 Å². The van der Waals surface area contributed by atoms with Crippen molar-refractivity contribution < 1.29 is 0 Å². The Morgan fingerprint density at radius 1 is 0.594 bits per heavy atom. The van der Waals surface area contributed by atoms with Crippen molar-refractivity contribution >= 4 is 0 Å². The molecule has 1 unspecified atom stereocenters. The molecule has 0 N–H and O–H groups in total. The SMILES string of the molecule is CCCC1CCC(CCC2CCC(C3CCC(CC(C)c4ccccc4)CC3)CC2)CC1. The molecule has 0 aliphatic heterocycles. The van der Waals surface area contributed by atoms with Gasteiger partial charge in [0, 0.05) is 0 Å². The van der Waals surface area contributed by atoms with Crippen molar-refractivity contribution in [3.63, 3.8) is 0 Å². The van der Waals surface area contributed by atoms with Crippen LogP contribution < -0.4 is 0 Å². The largest absolute Gasteiger partial charge is 0.0654 e. The Balaban J connectivity index is 1.09. The summed E-state index contributed by atoms with van der Waals surface area (Å²) in [4.78, 5) is 0. The molecule has 0 saturated heterocycles. The molecule has 180 valence electrons. The quantitative estimate of drug-likeness (QED) is 0.361. The van der Waals surface area contributed by atoms with Gasteiger partial charge in [-0.05, 0) is 79.1 Å². The van der Waals surface area contributed by atoms with Gasteiger partial charge in [0.05, 0.1) is 0 Å². The standard InChI is InChI=1S/C32H52/c1-3-7-26-10-12-27(13-11-26)14-15-28-16-20-31(21-17-28)32-22-18-29(19-23-32)24-25(2)30-8-5-4-6-9-30/h4-6,8-9,25-29,31-32H,3,7,10-24H2,1-2H3. The Bertz CT molecular complexity index is 609. The van der Waals surface area contributed by atoms with Gasteiger partial charge >= 0.3 is 0 Å². The first-order valence-corrected chi connectivity index (χ1v) is 14.8. The minimum Gasteiger partial charge on any atom is -0.0654 e. The van der Waals surface area contributed by atoms with Gasteiger partial charge in [-0.3, -0.25) is 0 Å². The maximum atomic E-state index is 2.44. The minimum absolute atomic E-state index is 0.731. The lowest BCUT2D eigenvalue weighted by Gasteiger charge is -2.39. The van der Waals surface area contributed by atoms with Crippen molar-refractivity contribution in [2.45, 2.75) is 129 Å². The predicted molar refractivity (Wildman–Crippen MR) is 140 cm³/mol. The fourth-order valence-corrected chi connectivity index (χ4v) is 7.95. The van der Waals surface area contributed by atoms with E-state index in [2.05, 4.69) is 44.2 Å². The normalized spacial score (nSPS) is 34.8. The summed E-state index contributed by atoms with van der Waals surface area (Å²) in [5, 5.41) is 0. The zero-order valence-corrected chi connectivity index (χ0v) is 21.4. The topological polar surface area (TPSA) is 0 Å². The van der Waals surface area contributed by atoms with Crippen molar-refractivity contribution in [3.8, 4) is 0 Å². The van der Waals surface area contributed by atoms with Crippen LogP contribution >= 0.6 is 0 Å². The van der Waals surface area contributed by atoms with E-state index in [1.165, 1.54) is 57.8 Å². The van der Waals surface area contributed by atoms with Gasteiger partial charge in [-0.2, -0.15) is 0 Å². The molecule has 32 heavy (non-hydrogen) atoms. The summed E-state index contributed by atoms with van der Waals surface area (Å²) >= 11 is 0. The first-order chi connectivity index (χ1) is 15.7. The molecule has 0 bridgehead atoms. The van der Waals surface area contributed by atoms with Gasteiger partial charge in [0.25, 0.3) is 0 Å². The molecular formula is C32H52. The number of benzene rings is 1. The zero-order valence-electron chi connectivity index (χ0n) is 21.4. The van der Waals surface area contributed by atoms with Crippen LogP contribution in [0.2, 0.25) is 0 Å². The van der Waals surface area contributed by atoms with Gasteiger partial charge in [0.2, 0.25) is 0 Å². The fourth-order valence-electron chi connectivity index (χ4n) is 7.95. The third kappa shape index (κ3) is 7.11. The molecule has 1 aromatic carbocycles. The molecule has 4 rings (SSSR count). The Morgan fingerprint density at radius 2 is 1.03 bits per heavy atom.